The van der Waals surface area contributed by atoms with E-state index >= 15 is 0 Å². The molecule has 0 saturated carbocycles. The van der Waals surface area contributed by atoms with Crippen molar-refractivity contribution < 1.29 is 14.3 Å². The van der Waals surface area contributed by atoms with Gasteiger partial charge in [-0.2, -0.15) is 0 Å². The van der Waals surface area contributed by atoms with Crippen LogP contribution in [0.4, 0.5) is 0 Å². The number of rotatable bonds is 6. The lowest BCUT2D eigenvalue weighted by atomic mass is 9.81. The van der Waals surface area contributed by atoms with Crippen LogP contribution in [0.2, 0.25) is 0 Å². The van der Waals surface area contributed by atoms with Gasteiger partial charge in [-0.15, -0.1) is 0 Å². The maximum atomic E-state index is 13.3. The zero-order chi connectivity index (χ0) is 16.6. The number of carbonyl (C=O) groups excluding carboxylic acids is 1. The molecule has 3 rings (SSSR count). The fraction of sp³-hybridized carbons (Fsp3) is 0.450. The lowest BCUT2D eigenvalue weighted by molar-refractivity contribution is -0.0116. The van der Waals surface area contributed by atoms with E-state index in [1.165, 1.54) is 0 Å². The lowest BCUT2D eigenvalue weighted by Gasteiger charge is -2.30. The molecule has 1 aliphatic rings. The van der Waals surface area contributed by atoms with Crippen LogP contribution in [0.15, 0.2) is 36.4 Å². The highest BCUT2D eigenvalue weighted by Gasteiger charge is 2.48. The molecule has 0 aromatic heterocycles. The predicted octanol–water partition coefficient (Wildman–Crippen LogP) is 4.12. The van der Waals surface area contributed by atoms with Gasteiger partial charge in [0.25, 0.3) is 0 Å². The Balaban J connectivity index is 2.12. The first-order valence-corrected chi connectivity index (χ1v) is 8.26. The molecule has 0 heterocycles. The summed E-state index contributed by atoms with van der Waals surface area (Å²) in [6, 6.07) is 12.0. The van der Waals surface area contributed by atoms with E-state index in [1.807, 2.05) is 52.0 Å². The lowest BCUT2D eigenvalue weighted by Crippen LogP contribution is -2.43. The molecule has 0 fully saturated rings. The Morgan fingerprint density at radius 3 is 2.04 bits per heavy atom. The number of ketones is 1. The van der Waals surface area contributed by atoms with Crippen molar-refractivity contribution in [3.63, 3.8) is 0 Å². The molecule has 0 atom stereocenters. The summed E-state index contributed by atoms with van der Waals surface area (Å²) in [6.45, 7) is 8.66. The van der Waals surface area contributed by atoms with Crippen LogP contribution in [-0.4, -0.2) is 31.2 Å². The van der Waals surface area contributed by atoms with Gasteiger partial charge in [0.15, 0.2) is 5.78 Å². The number of ether oxygens (including phenoxy) is 2. The largest absolute Gasteiger partial charge is 0.377 e. The minimum Gasteiger partial charge on any atom is -0.377 e. The van der Waals surface area contributed by atoms with Crippen molar-refractivity contribution >= 4 is 16.6 Å². The molecule has 3 nitrogen and oxygen atoms in total. The molecule has 0 N–H and O–H groups in total. The quantitative estimate of drug-likeness (QED) is 0.805. The Hall–Kier alpha value is -1.71. The molecular formula is C20H24O3. The van der Waals surface area contributed by atoms with Crippen LogP contribution in [0.5, 0.6) is 0 Å². The second-order valence-corrected chi connectivity index (χ2v) is 6.84. The van der Waals surface area contributed by atoms with Crippen LogP contribution in [0.3, 0.4) is 0 Å². The second kappa shape index (κ2) is 6.06. The van der Waals surface area contributed by atoms with Crippen molar-refractivity contribution in [2.45, 2.75) is 45.3 Å². The van der Waals surface area contributed by atoms with Crippen molar-refractivity contribution in [2.75, 3.05) is 13.2 Å². The van der Waals surface area contributed by atoms with Crippen molar-refractivity contribution in [3.05, 3.63) is 47.5 Å². The van der Waals surface area contributed by atoms with E-state index in [0.717, 1.165) is 21.9 Å². The zero-order valence-electron chi connectivity index (χ0n) is 14.3. The fourth-order valence-corrected chi connectivity index (χ4v) is 3.26. The van der Waals surface area contributed by atoms with Gasteiger partial charge < -0.3 is 9.47 Å². The van der Waals surface area contributed by atoms with Crippen LogP contribution in [0.25, 0.3) is 10.8 Å². The molecule has 0 amide bonds. The smallest absolute Gasteiger partial charge is 0.178 e. The van der Waals surface area contributed by atoms with Crippen molar-refractivity contribution in [3.8, 4) is 0 Å². The van der Waals surface area contributed by atoms with Gasteiger partial charge in [-0.05, 0) is 44.0 Å². The monoisotopic (exact) mass is 312 g/mol. The topological polar surface area (TPSA) is 35.5 Å². The normalized spacial score (nSPS) is 16.0. The van der Waals surface area contributed by atoms with Crippen LogP contribution in [-0.2, 0) is 14.9 Å². The van der Waals surface area contributed by atoms with E-state index in [-0.39, 0.29) is 18.0 Å². The molecule has 0 aliphatic heterocycles. The van der Waals surface area contributed by atoms with Gasteiger partial charge in [0, 0.05) is 5.56 Å². The summed E-state index contributed by atoms with van der Waals surface area (Å²) in [4.78, 5) is 13.3. The van der Waals surface area contributed by atoms with Gasteiger partial charge in [0.1, 0.15) is 5.41 Å². The maximum Gasteiger partial charge on any atom is 0.178 e. The molecule has 3 heteroatoms. The summed E-state index contributed by atoms with van der Waals surface area (Å²) in [7, 11) is 0. The number of carbonyl (C=O) groups is 1. The van der Waals surface area contributed by atoms with Gasteiger partial charge in [-0.1, -0.05) is 36.4 Å². The van der Waals surface area contributed by atoms with Crippen LogP contribution < -0.4 is 0 Å². The Bertz CT molecular complexity index is 713. The average molecular weight is 312 g/mol. The molecule has 23 heavy (non-hydrogen) atoms. The predicted molar refractivity (Wildman–Crippen MR) is 92.1 cm³/mol. The molecule has 0 unspecified atom stereocenters. The summed E-state index contributed by atoms with van der Waals surface area (Å²) in [5, 5.41) is 2.16. The van der Waals surface area contributed by atoms with Gasteiger partial charge in [0.05, 0.1) is 25.4 Å². The van der Waals surface area contributed by atoms with E-state index in [0.29, 0.717) is 13.2 Å². The third-order valence-corrected chi connectivity index (χ3v) is 4.43. The van der Waals surface area contributed by atoms with E-state index in [9.17, 15) is 4.79 Å². The number of hydrogen-bond acceptors (Lipinski definition) is 3. The number of hydrogen-bond donors (Lipinski definition) is 0. The van der Waals surface area contributed by atoms with Gasteiger partial charge in [-0.25, -0.2) is 0 Å². The molecule has 122 valence electrons. The van der Waals surface area contributed by atoms with Crippen LogP contribution in [0.1, 0.15) is 43.6 Å². The average Bonchev–Trinajstić information content (AvgIpc) is 2.76. The van der Waals surface area contributed by atoms with E-state index in [2.05, 4.69) is 12.1 Å². The molecule has 0 bridgehead atoms. The number of benzene rings is 2. The second-order valence-electron chi connectivity index (χ2n) is 6.84. The molecule has 2 aromatic rings. The van der Waals surface area contributed by atoms with Crippen LogP contribution in [0, 0.1) is 0 Å². The molecule has 1 aliphatic carbocycles. The first-order valence-electron chi connectivity index (χ1n) is 8.26. The highest BCUT2D eigenvalue weighted by Crippen LogP contribution is 2.43. The molecule has 2 aromatic carbocycles. The summed E-state index contributed by atoms with van der Waals surface area (Å²) < 4.78 is 11.8. The van der Waals surface area contributed by atoms with Gasteiger partial charge >= 0.3 is 0 Å². The van der Waals surface area contributed by atoms with Crippen molar-refractivity contribution in [1.29, 1.82) is 0 Å². The van der Waals surface area contributed by atoms with E-state index < -0.39 is 5.41 Å². The highest BCUT2D eigenvalue weighted by molar-refractivity contribution is 6.20. The van der Waals surface area contributed by atoms with E-state index in [1.54, 1.807) is 0 Å². The minimum atomic E-state index is -0.738. The van der Waals surface area contributed by atoms with E-state index in [4.69, 9.17) is 9.47 Å². The Morgan fingerprint density at radius 2 is 1.48 bits per heavy atom. The van der Waals surface area contributed by atoms with Gasteiger partial charge in [-0.3, -0.25) is 4.79 Å². The molecule has 0 radical (unpaired) electrons. The third-order valence-electron chi connectivity index (χ3n) is 4.43. The van der Waals surface area contributed by atoms with Crippen molar-refractivity contribution in [1.82, 2.24) is 0 Å². The van der Waals surface area contributed by atoms with Crippen LogP contribution >= 0.6 is 0 Å². The summed E-state index contributed by atoms with van der Waals surface area (Å²) in [5.74, 6) is 0.116. The molecule has 0 saturated heterocycles. The highest BCUT2D eigenvalue weighted by atomic mass is 16.5. The Morgan fingerprint density at radius 1 is 0.913 bits per heavy atom. The Labute approximate surface area is 137 Å². The molecular weight excluding hydrogens is 288 g/mol. The first-order chi connectivity index (χ1) is 11.0. The zero-order valence-corrected chi connectivity index (χ0v) is 14.3. The fourth-order valence-electron chi connectivity index (χ4n) is 3.26. The minimum absolute atomic E-state index is 0.0710. The first kappa shape index (κ1) is 16.2. The summed E-state index contributed by atoms with van der Waals surface area (Å²) >= 11 is 0. The maximum absolute atomic E-state index is 13.3. The standard InChI is InChI=1S/C20H24O3/c1-13(2)22-11-20(12-23-14(3)4)17-10-6-8-15-7-5-9-16(18(15)17)19(20)21/h5-10,13-14H,11-12H2,1-4H3. The molecule has 0 spiro atoms. The number of Topliss-reactive ketones (excluding diaryl/α,β-unsaturated/α-hetero) is 1. The summed E-state index contributed by atoms with van der Waals surface area (Å²) in [5.41, 5.74) is 1.09. The van der Waals surface area contributed by atoms with Crippen molar-refractivity contribution in [2.24, 2.45) is 0 Å². The summed E-state index contributed by atoms with van der Waals surface area (Å²) in [6.07, 6.45) is 0.142. The Kier molecular flexibility index (Phi) is 4.26. The van der Waals surface area contributed by atoms with Gasteiger partial charge in [0.2, 0.25) is 0 Å². The SMILES string of the molecule is CC(C)OCC1(COC(C)C)C(=O)c2cccc3cccc1c23. The third kappa shape index (κ3) is 2.68.